The second-order valence-electron chi connectivity index (χ2n) is 3.72. The van der Waals surface area contributed by atoms with Crippen LogP contribution in [-0.2, 0) is 9.59 Å². The molecule has 1 rings (SSSR count). The minimum absolute atomic E-state index is 0.353. The third-order valence-electron chi connectivity index (χ3n) is 2.14. The molecular formula is C11H14N4O3. The number of primary amides is 1. The van der Waals surface area contributed by atoms with Gasteiger partial charge in [0.05, 0.1) is 0 Å². The summed E-state index contributed by atoms with van der Waals surface area (Å²) >= 11 is 0. The SMILES string of the molecule is CN(C)c1cccc(C(=O)NNC(=O)C(N)=O)c1. The fourth-order valence-corrected chi connectivity index (χ4v) is 1.17. The average molecular weight is 250 g/mol. The maximum Gasteiger partial charge on any atom is 0.327 e. The summed E-state index contributed by atoms with van der Waals surface area (Å²) in [6, 6.07) is 6.77. The molecular weight excluding hydrogens is 236 g/mol. The van der Waals surface area contributed by atoms with Gasteiger partial charge >= 0.3 is 11.8 Å². The first-order chi connectivity index (χ1) is 8.41. The van der Waals surface area contributed by atoms with Crippen LogP contribution in [0.1, 0.15) is 10.4 Å². The normalized spacial score (nSPS) is 9.44. The maximum atomic E-state index is 11.7. The Labute approximate surface area is 104 Å². The molecule has 0 spiro atoms. The van der Waals surface area contributed by atoms with E-state index < -0.39 is 17.7 Å². The van der Waals surface area contributed by atoms with Crippen molar-refractivity contribution in [2.24, 2.45) is 5.73 Å². The molecule has 18 heavy (non-hydrogen) atoms. The van der Waals surface area contributed by atoms with Gasteiger partial charge in [-0.05, 0) is 18.2 Å². The minimum Gasteiger partial charge on any atom is -0.378 e. The summed E-state index contributed by atoms with van der Waals surface area (Å²) < 4.78 is 0. The van der Waals surface area contributed by atoms with Gasteiger partial charge in [0.25, 0.3) is 5.91 Å². The molecule has 0 saturated heterocycles. The Morgan fingerprint density at radius 1 is 1.17 bits per heavy atom. The number of carbonyl (C=O) groups excluding carboxylic acids is 3. The van der Waals surface area contributed by atoms with E-state index in [2.05, 4.69) is 5.43 Å². The van der Waals surface area contributed by atoms with Crippen LogP contribution in [0.2, 0.25) is 0 Å². The van der Waals surface area contributed by atoms with E-state index in [1.165, 1.54) is 0 Å². The Bertz CT molecular complexity index is 485. The summed E-state index contributed by atoms with van der Waals surface area (Å²) in [7, 11) is 3.68. The second-order valence-corrected chi connectivity index (χ2v) is 3.72. The van der Waals surface area contributed by atoms with Crippen molar-refractivity contribution in [3.63, 3.8) is 0 Å². The lowest BCUT2D eigenvalue weighted by molar-refractivity contribution is -0.137. The van der Waals surface area contributed by atoms with Crippen molar-refractivity contribution in [2.75, 3.05) is 19.0 Å². The van der Waals surface area contributed by atoms with E-state index in [-0.39, 0.29) is 0 Å². The van der Waals surface area contributed by atoms with E-state index in [1.54, 1.807) is 18.2 Å². The van der Waals surface area contributed by atoms with Gasteiger partial charge in [-0.1, -0.05) is 6.07 Å². The Kier molecular flexibility index (Phi) is 4.25. The van der Waals surface area contributed by atoms with Crippen LogP contribution in [0.4, 0.5) is 5.69 Å². The summed E-state index contributed by atoms with van der Waals surface area (Å²) in [5.41, 5.74) is 9.90. The van der Waals surface area contributed by atoms with Gasteiger partial charge in [-0.3, -0.25) is 25.2 Å². The topological polar surface area (TPSA) is 105 Å². The summed E-state index contributed by atoms with van der Waals surface area (Å²) in [6.45, 7) is 0. The summed E-state index contributed by atoms with van der Waals surface area (Å²) in [4.78, 5) is 34.8. The van der Waals surface area contributed by atoms with Crippen molar-refractivity contribution in [1.29, 1.82) is 0 Å². The molecule has 0 aliphatic rings. The fraction of sp³-hybridized carbons (Fsp3) is 0.182. The van der Waals surface area contributed by atoms with Crippen molar-refractivity contribution < 1.29 is 14.4 Å². The van der Waals surface area contributed by atoms with E-state index in [9.17, 15) is 14.4 Å². The van der Waals surface area contributed by atoms with Crippen molar-refractivity contribution >= 4 is 23.4 Å². The molecule has 0 heterocycles. The van der Waals surface area contributed by atoms with Gasteiger partial charge in [0.15, 0.2) is 0 Å². The Morgan fingerprint density at radius 3 is 2.39 bits per heavy atom. The van der Waals surface area contributed by atoms with Crippen LogP contribution in [0, 0.1) is 0 Å². The molecule has 4 N–H and O–H groups in total. The molecule has 0 unspecified atom stereocenters. The van der Waals surface area contributed by atoms with Gasteiger partial charge in [-0.2, -0.15) is 0 Å². The van der Waals surface area contributed by atoms with Crippen molar-refractivity contribution in [3.8, 4) is 0 Å². The van der Waals surface area contributed by atoms with Gasteiger partial charge in [0.1, 0.15) is 0 Å². The molecule has 0 bridgehead atoms. The molecule has 0 aliphatic heterocycles. The number of anilines is 1. The zero-order valence-electron chi connectivity index (χ0n) is 10.1. The number of nitrogens with two attached hydrogens (primary N) is 1. The van der Waals surface area contributed by atoms with Gasteiger partial charge in [0.2, 0.25) is 0 Å². The number of hydrogen-bond acceptors (Lipinski definition) is 4. The molecule has 0 atom stereocenters. The van der Waals surface area contributed by atoms with Crippen LogP contribution in [0.25, 0.3) is 0 Å². The molecule has 0 saturated carbocycles. The molecule has 0 aliphatic carbocycles. The lowest BCUT2D eigenvalue weighted by atomic mass is 10.2. The van der Waals surface area contributed by atoms with E-state index in [0.717, 1.165) is 5.69 Å². The van der Waals surface area contributed by atoms with Crippen LogP contribution in [0.15, 0.2) is 24.3 Å². The highest BCUT2D eigenvalue weighted by molar-refractivity contribution is 6.34. The lowest BCUT2D eigenvalue weighted by Crippen LogP contribution is -2.47. The molecule has 3 amide bonds. The highest BCUT2D eigenvalue weighted by atomic mass is 16.2. The summed E-state index contributed by atoms with van der Waals surface area (Å²) in [5, 5.41) is 0. The average Bonchev–Trinajstić information content (AvgIpc) is 2.35. The molecule has 1 aromatic carbocycles. The maximum absolute atomic E-state index is 11.7. The smallest absolute Gasteiger partial charge is 0.327 e. The predicted molar refractivity (Wildman–Crippen MR) is 65.6 cm³/mol. The molecule has 96 valence electrons. The van der Waals surface area contributed by atoms with Crippen LogP contribution in [0.5, 0.6) is 0 Å². The highest BCUT2D eigenvalue weighted by Gasteiger charge is 2.11. The zero-order chi connectivity index (χ0) is 13.7. The number of carbonyl (C=O) groups is 3. The Balaban J connectivity index is 2.70. The Morgan fingerprint density at radius 2 is 1.83 bits per heavy atom. The monoisotopic (exact) mass is 250 g/mol. The number of hydrazine groups is 1. The molecule has 7 heteroatoms. The number of hydrogen-bond donors (Lipinski definition) is 3. The summed E-state index contributed by atoms with van der Waals surface area (Å²) in [6.07, 6.45) is 0. The molecule has 0 radical (unpaired) electrons. The highest BCUT2D eigenvalue weighted by Crippen LogP contribution is 2.12. The number of rotatable bonds is 2. The standard InChI is InChI=1S/C11H14N4O3/c1-15(2)8-5-3-4-7(6-8)10(17)13-14-11(18)9(12)16/h3-6H,1-2H3,(H2,12,16)(H,13,17)(H,14,18). The third-order valence-corrected chi connectivity index (χ3v) is 2.14. The van der Waals surface area contributed by atoms with Crippen LogP contribution >= 0.6 is 0 Å². The first kappa shape index (κ1) is 13.5. The molecule has 1 aromatic rings. The first-order valence-electron chi connectivity index (χ1n) is 5.09. The second kappa shape index (κ2) is 5.67. The molecule has 7 nitrogen and oxygen atoms in total. The van der Waals surface area contributed by atoms with E-state index in [1.807, 2.05) is 30.5 Å². The predicted octanol–water partition coefficient (Wildman–Crippen LogP) is -1.00. The molecule has 0 fully saturated rings. The van der Waals surface area contributed by atoms with Crippen LogP contribution in [0.3, 0.4) is 0 Å². The summed E-state index contributed by atoms with van der Waals surface area (Å²) in [5.74, 6) is -2.78. The zero-order valence-corrected chi connectivity index (χ0v) is 10.1. The number of benzene rings is 1. The minimum atomic E-state index is -1.17. The van der Waals surface area contributed by atoms with E-state index >= 15 is 0 Å². The number of nitrogens with zero attached hydrogens (tertiary/aromatic N) is 1. The fourth-order valence-electron chi connectivity index (χ4n) is 1.17. The van der Waals surface area contributed by atoms with E-state index in [0.29, 0.717) is 5.56 Å². The molecule has 0 aromatic heterocycles. The van der Waals surface area contributed by atoms with Crippen molar-refractivity contribution in [1.82, 2.24) is 10.9 Å². The third kappa shape index (κ3) is 3.48. The number of amides is 3. The first-order valence-corrected chi connectivity index (χ1v) is 5.09. The van der Waals surface area contributed by atoms with E-state index in [4.69, 9.17) is 5.73 Å². The van der Waals surface area contributed by atoms with Gasteiger partial charge in [-0.15, -0.1) is 0 Å². The van der Waals surface area contributed by atoms with Gasteiger partial charge < -0.3 is 10.6 Å². The van der Waals surface area contributed by atoms with Crippen molar-refractivity contribution in [2.45, 2.75) is 0 Å². The van der Waals surface area contributed by atoms with Gasteiger partial charge in [0, 0.05) is 25.3 Å². The number of nitrogens with one attached hydrogen (secondary N) is 2. The van der Waals surface area contributed by atoms with Crippen molar-refractivity contribution in [3.05, 3.63) is 29.8 Å². The van der Waals surface area contributed by atoms with Crippen LogP contribution < -0.4 is 21.5 Å². The quantitative estimate of drug-likeness (QED) is 0.462. The Hall–Kier alpha value is -2.57. The largest absolute Gasteiger partial charge is 0.378 e. The van der Waals surface area contributed by atoms with Crippen LogP contribution in [-0.4, -0.2) is 31.8 Å². The van der Waals surface area contributed by atoms with Gasteiger partial charge in [-0.25, -0.2) is 0 Å². The lowest BCUT2D eigenvalue weighted by Gasteiger charge is -2.13.